The summed E-state index contributed by atoms with van der Waals surface area (Å²) in [6.07, 6.45) is 3.07. The number of rotatable bonds is 5. The third-order valence-corrected chi connectivity index (χ3v) is 7.55. The third-order valence-electron chi connectivity index (χ3n) is 5.43. The Morgan fingerprint density at radius 3 is 2.63 bits per heavy atom. The van der Waals surface area contributed by atoms with Crippen molar-refractivity contribution in [2.75, 3.05) is 5.75 Å². The van der Waals surface area contributed by atoms with Crippen molar-refractivity contribution in [3.05, 3.63) is 86.5 Å². The molecular formula is C24H20N2O2S2. The third kappa shape index (κ3) is 3.40. The first-order valence-electron chi connectivity index (χ1n) is 9.97. The van der Waals surface area contributed by atoms with Gasteiger partial charge in [0.05, 0.1) is 16.8 Å². The molecule has 2 heterocycles. The lowest BCUT2D eigenvalue weighted by Crippen LogP contribution is -2.22. The zero-order chi connectivity index (χ0) is 20.7. The minimum absolute atomic E-state index is 0.0269. The Morgan fingerprint density at radius 2 is 1.87 bits per heavy atom. The van der Waals surface area contributed by atoms with E-state index in [-0.39, 0.29) is 17.1 Å². The molecule has 4 aromatic rings. The number of ketones is 1. The van der Waals surface area contributed by atoms with E-state index in [1.54, 1.807) is 15.9 Å². The summed E-state index contributed by atoms with van der Waals surface area (Å²) in [5.41, 5.74) is 3.73. The number of hydrogen-bond donors (Lipinski definition) is 0. The summed E-state index contributed by atoms with van der Waals surface area (Å²) in [5.74, 6) is 0.262. The van der Waals surface area contributed by atoms with Crippen LogP contribution in [0.2, 0.25) is 0 Å². The van der Waals surface area contributed by atoms with Gasteiger partial charge in [-0.15, -0.1) is 11.3 Å². The van der Waals surface area contributed by atoms with Crippen LogP contribution in [0.15, 0.2) is 64.5 Å². The molecule has 1 aliphatic carbocycles. The summed E-state index contributed by atoms with van der Waals surface area (Å²) < 4.78 is 1.68. The van der Waals surface area contributed by atoms with Crippen LogP contribution in [0.5, 0.6) is 0 Å². The molecule has 0 saturated heterocycles. The van der Waals surface area contributed by atoms with E-state index >= 15 is 0 Å². The Labute approximate surface area is 182 Å². The normalized spacial score (nSPS) is 13.0. The first-order valence-corrected chi connectivity index (χ1v) is 11.8. The fourth-order valence-electron chi connectivity index (χ4n) is 3.88. The summed E-state index contributed by atoms with van der Waals surface area (Å²) in [5, 5.41) is 1.33. The molecule has 0 unspecified atom stereocenters. The van der Waals surface area contributed by atoms with Crippen molar-refractivity contribution < 1.29 is 4.79 Å². The lowest BCUT2D eigenvalue weighted by Gasteiger charge is -2.12. The highest BCUT2D eigenvalue weighted by atomic mass is 32.2. The number of nitrogens with zero attached hydrogens (tertiary/aromatic N) is 2. The predicted molar refractivity (Wildman–Crippen MR) is 123 cm³/mol. The van der Waals surface area contributed by atoms with Crippen LogP contribution in [0.3, 0.4) is 0 Å². The zero-order valence-electron chi connectivity index (χ0n) is 16.6. The molecule has 0 amide bonds. The van der Waals surface area contributed by atoms with Crippen LogP contribution in [-0.2, 0) is 12.8 Å². The van der Waals surface area contributed by atoms with E-state index in [0.717, 1.165) is 40.7 Å². The molecule has 0 saturated carbocycles. The molecule has 0 atom stereocenters. The Hall–Kier alpha value is -2.70. The van der Waals surface area contributed by atoms with Crippen molar-refractivity contribution in [2.45, 2.75) is 31.3 Å². The maximum atomic E-state index is 13.6. The van der Waals surface area contributed by atoms with Gasteiger partial charge in [-0.2, -0.15) is 0 Å². The van der Waals surface area contributed by atoms with E-state index in [4.69, 9.17) is 4.98 Å². The quantitative estimate of drug-likeness (QED) is 0.246. The van der Waals surface area contributed by atoms with E-state index in [2.05, 4.69) is 0 Å². The number of fused-ring (bicyclic) bond motifs is 3. The number of aryl methyl sites for hydroxylation is 3. The van der Waals surface area contributed by atoms with Crippen LogP contribution in [0, 0.1) is 6.92 Å². The first kappa shape index (κ1) is 19.3. The number of aromatic nitrogens is 2. The van der Waals surface area contributed by atoms with Gasteiger partial charge in [-0.25, -0.2) is 4.98 Å². The second-order valence-electron chi connectivity index (χ2n) is 7.49. The summed E-state index contributed by atoms with van der Waals surface area (Å²) in [6.45, 7) is 2.02. The highest BCUT2D eigenvalue weighted by Crippen LogP contribution is 2.36. The molecule has 4 nitrogen and oxygen atoms in total. The maximum absolute atomic E-state index is 13.6. The zero-order valence-corrected chi connectivity index (χ0v) is 18.2. The highest BCUT2D eigenvalue weighted by Gasteiger charge is 2.24. The molecule has 0 spiro atoms. The molecule has 150 valence electrons. The maximum Gasteiger partial charge on any atom is 0.267 e. The van der Waals surface area contributed by atoms with Crippen molar-refractivity contribution >= 4 is 39.1 Å². The van der Waals surface area contributed by atoms with Gasteiger partial charge in [0.2, 0.25) is 0 Å². The first-order chi connectivity index (χ1) is 14.6. The average Bonchev–Trinajstić information content (AvgIpc) is 3.34. The number of thiophene rings is 1. The molecule has 1 aliphatic rings. The van der Waals surface area contributed by atoms with Crippen molar-refractivity contribution in [3.8, 4) is 5.69 Å². The summed E-state index contributed by atoms with van der Waals surface area (Å²) in [7, 11) is 0. The van der Waals surface area contributed by atoms with E-state index in [1.807, 2.05) is 61.5 Å². The monoisotopic (exact) mass is 432 g/mol. The molecule has 0 N–H and O–H groups in total. The summed E-state index contributed by atoms with van der Waals surface area (Å²) >= 11 is 2.96. The SMILES string of the molecule is Cc1ccc(-n2c(SCC(=O)c3ccccc3)nc3sc4c(c3c2=O)CCC4)cc1. The Morgan fingerprint density at radius 1 is 1.10 bits per heavy atom. The average molecular weight is 433 g/mol. The molecule has 2 aromatic heterocycles. The van der Waals surface area contributed by atoms with Gasteiger partial charge >= 0.3 is 0 Å². The molecule has 0 fully saturated rings. The van der Waals surface area contributed by atoms with Crippen LogP contribution in [0.1, 0.15) is 32.8 Å². The molecule has 6 heteroatoms. The largest absolute Gasteiger partial charge is 0.293 e. The van der Waals surface area contributed by atoms with E-state index in [1.165, 1.54) is 22.2 Å². The van der Waals surface area contributed by atoms with Gasteiger partial charge in [-0.3, -0.25) is 14.2 Å². The second-order valence-corrected chi connectivity index (χ2v) is 9.51. The van der Waals surface area contributed by atoms with Crippen LogP contribution >= 0.6 is 23.1 Å². The number of hydrogen-bond acceptors (Lipinski definition) is 5. The topological polar surface area (TPSA) is 52.0 Å². The number of Topliss-reactive ketones (excluding diaryl/α,β-unsaturated/α-hetero) is 1. The van der Waals surface area contributed by atoms with Gasteiger partial charge in [-0.05, 0) is 43.9 Å². The number of thioether (sulfide) groups is 1. The van der Waals surface area contributed by atoms with Gasteiger partial charge < -0.3 is 0 Å². The van der Waals surface area contributed by atoms with Gasteiger partial charge in [0.1, 0.15) is 4.83 Å². The molecule has 30 heavy (non-hydrogen) atoms. The highest BCUT2D eigenvalue weighted by molar-refractivity contribution is 7.99. The van der Waals surface area contributed by atoms with Crippen molar-refractivity contribution in [1.82, 2.24) is 9.55 Å². The molecule has 0 radical (unpaired) electrons. The van der Waals surface area contributed by atoms with Crippen molar-refractivity contribution in [3.63, 3.8) is 0 Å². The van der Waals surface area contributed by atoms with Crippen LogP contribution in [-0.4, -0.2) is 21.1 Å². The molecule has 2 aromatic carbocycles. The second kappa shape index (κ2) is 7.85. The molecule has 5 rings (SSSR count). The fraction of sp³-hybridized carbons (Fsp3) is 0.208. The van der Waals surface area contributed by atoms with Crippen LogP contribution < -0.4 is 5.56 Å². The lowest BCUT2D eigenvalue weighted by atomic mass is 10.2. The number of carbonyl (C=O) groups excluding carboxylic acids is 1. The predicted octanol–water partition coefficient (Wildman–Crippen LogP) is 5.22. The summed E-state index contributed by atoms with van der Waals surface area (Å²) in [4.78, 5) is 33.2. The number of benzene rings is 2. The van der Waals surface area contributed by atoms with Gasteiger partial charge in [-0.1, -0.05) is 59.8 Å². The Kier molecular flexibility index (Phi) is 5.05. The van der Waals surface area contributed by atoms with E-state index in [0.29, 0.717) is 10.7 Å². The lowest BCUT2D eigenvalue weighted by molar-refractivity contribution is 0.102. The molecular weight excluding hydrogens is 412 g/mol. The van der Waals surface area contributed by atoms with Gasteiger partial charge in [0, 0.05) is 10.4 Å². The fourth-order valence-corrected chi connectivity index (χ4v) is 6.09. The van der Waals surface area contributed by atoms with E-state index < -0.39 is 0 Å². The van der Waals surface area contributed by atoms with Gasteiger partial charge in [0.15, 0.2) is 10.9 Å². The molecule has 0 bridgehead atoms. The Bertz CT molecular complexity index is 1310. The number of carbonyl (C=O) groups is 1. The smallest absolute Gasteiger partial charge is 0.267 e. The standard InChI is InChI=1S/C24H20N2O2S2/c1-15-10-12-17(13-11-15)26-23(28)21-18-8-5-9-20(18)30-22(21)25-24(26)29-14-19(27)16-6-3-2-4-7-16/h2-4,6-7,10-13H,5,8-9,14H2,1H3. The van der Waals surface area contributed by atoms with Crippen LogP contribution in [0.4, 0.5) is 0 Å². The minimum atomic E-state index is -0.0297. The van der Waals surface area contributed by atoms with Gasteiger partial charge in [0.25, 0.3) is 5.56 Å². The molecule has 0 aliphatic heterocycles. The van der Waals surface area contributed by atoms with E-state index in [9.17, 15) is 9.59 Å². The van der Waals surface area contributed by atoms with Crippen molar-refractivity contribution in [1.29, 1.82) is 0 Å². The van der Waals surface area contributed by atoms with Crippen LogP contribution in [0.25, 0.3) is 15.9 Å². The summed E-state index contributed by atoms with van der Waals surface area (Å²) in [6, 6.07) is 17.1. The Balaban J connectivity index is 1.61. The van der Waals surface area contributed by atoms with Crippen molar-refractivity contribution in [2.24, 2.45) is 0 Å². The minimum Gasteiger partial charge on any atom is -0.293 e.